The van der Waals surface area contributed by atoms with Crippen molar-refractivity contribution in [2.24, 2.45) is 0 Å². The lowest BCUT2D eigenvalue weighted by atomic mass is 10.2. The minimum Gasteiger partial charge on any atom is -0.368 e. The van der Waals surface area contributed by atoms with E-state index in [9.17, 15) is 13.2 Å². The van der Waals surface area contributed by atoms with E-state index in [4.69, 9.17) is 11.6 Å². The lowest BCUT2D eigenvalue weighted by molar-refractivity contribution is -0.137. The third-order valence-electron chi connectivity index (χ3n) is 3.72. The van der Waals surface area contributed by atoms with Crippen LogP contribution in [-0.2, 0) is 6.18 Å². The highest BCUT2D eigenvalue weighted by molar-refractivity contribution is 8.08. The number of anilines is 2. The average molecular weight is 387 g/mol. The summed E-state index contributed by atoms with van der Waals surface area (Å²) in [6.07, 6.45) is -2.95. The van der Waals surface area contributed by atoms with Gasteiger partial charge >= 0.3 is 6.18 Å². The minimum absolute atomic E-state index is 0.218. The van der Waals surface area contributed by atoms with Gasteiger partial charge in [-0.05, 0) is 31.2 Å². The van der Waals surface area contributed by atoms with E-state index in [0.29, 0.717) is 0 Å². The number of nitrogens with one attached hydrogen (secondary N) is 1. The Kier molecular flexibility index (Phi) is 4.83. The molecule has 0 saturated heterocycles. The Morgan fingerprint density at radius 1 is 1.28 bits per heavy atom. The lowest BCUT2D eigenvalue weighted by Crippen LogP contribution is -2.09. The quantitative estimate of drug-likeness (QED) is 0.783. The Hall–Kier alpha value is -1.93. The van der Waals surface area contributed by atoms with Gasteiger partial charge in [-0.25, -0.2) is 9.97 Å². The van der Waals surface area contributed by atoms with Gasteiger partial charge in [-0.2, -0.15) is 13.2 Å². The molecule has 0 bridgehead atoms. The van der Waals surface area contributed by atoms with E-state index in [1.165, 1.54) is 12.1 Å². The molecule has 4 nitrogen and oxygen atoms in total. The van der Waals surface area contributed by atoms with Gasteiger partial charge in [0, 0.05) is 24.6 Å². The molecule has 3 rings (SSSR count). The second-order valence-electron chi connectivity index (χ2n) is 5.47. The summed E-state index contributed by atoms with van der Waals surface area (Å²) < 4.78 is 38.9. The summed E-state index contributed by atoms with van der Waals surface area (Å²) in [6, 6.07) is 5.38. The molecule has 0 saturated carbocycles. The van der Waals surface area contributed by atoms with Crippen LogP contribution in [-0.4, -0.2) is 27.8 Å². The third kappa shape index (κ3) is 3.85. The van der Waals surface area contributed by atoms with Crippen molar-refractivity contribution in [2.75, 3.05) is 18.2 Å². The van der Waals surface area contributed by atoms with Crippen molar-refractivity contribution in [3.8, 4) is 0 Å². The van der Waals surface area contributed by atoms with E-state index in [1.54, 1.807) is 24.0 Å². The number of allylic oxidation sites excluding steroid dienone is 1. The highest BCUT2D eigenvalue weighted by Crippen LogP contribution is 2.38. The number of hydrogen-bond donors (Lipinski definition) is 1. The van der Waals surface area contributed by atoms with Gasteiger partial charge in [-0.3, -0.25) is 0 Å². The molecule has 0 aliphatic carbocycles. The number of alkyl halides is 3. The van der Waals surface area contributed by atoms with E-state index in [2.05, 4.69) is 20.2 Å². The predicted octanol–water partition coefficient (Wildman–Crippen LogP) is 5.22. The molecule has 1 N–H and O–H groups in total. The summed E-state index contributed by atoms with van der Waals surface area (Å²) in [7, 11) is 1.99. The van der Waals surface area contributed by atoms with Gasteiger partial charge in [0.25, 0.3) is 0 Å². The second kappa shape index (κ2) is 6.76. The second-order valence-corrected chi connectivity index (χ2v) is 6.83. The maximum atomic E-state index is 13.0. The van der Waals surface area contributed by atoms with Crippen molar-refractivity contribution in [3.05, 3.63) is 52.4 Å². The number of nitrogens with zero attached hydrogens (tertiary/aromatic N) is 3. The van der Waals surface area contributed by atoms with Gasteiger partial charge in [0.1, 0.15) is 0 Å². The van der Waals surface area contributed by atoms with Crippen LogP contribution in [0, 0.1) is 0 Å². The Morgan fingerprint density at radius 3 is 2.68 bits per heavy atom. The molecule has 0 unspecified atom stereocenters. The molecule has 9 heteroatoms. The van der Waals surface area contributed by atoms with Gasteiger partial charge in [-0.15, -0.1) is 11.8 Å². The topological polar surface area (TPSA) is 41.1 Å². The first-order chi connectivity index (χ1) is 11.8. The van der Waals surface area contributed by atoms with Gasteiger partial charge in [-0.1, -0.05) is 11.6 Å². The number of thioether (sulfide) groups is 1. The molecule has 2 heterocycles. The molecule has 0 fully saturated rings. The van der Waals surface area contributed by atoms with Crippen LogP contribution in [0.15, 0.2) is 36.2 Å². The zero-order chi connectivity index (χ0) is 18.2. The normalized spacial score (nSPS) is 15.0. The molecular weight excluding hydrogens is 373 g/mol. The zero-order valence-electron chi connectivity index (χ0n) is 13.4. The molecule has 132 valence electrons. The maximum absolute atomic E-state index is 13.0. The number of aromatic nitrogens is 2. The molecule has 0 spiro atoms. The number of halogens is 4. The van der Waals surface area contributed by atoms with E-state index in [1.807, 2.05) is 14.0 Å². The summed E-state index contributed by atoms with van der Waals surface area (Å²) >= 11 is 7.29. The van der Waals surface area contributed by atoms with Gasteiger partial charge in [0.05, 0.1) is 27.1 Å². The molecule has 2 aromatic rings. The van der Waals surface area contributed by atoms with Crippen LogP contribution in [0.25, 0.3) is 4.91 Å². The number of hydrogen-bond acceptors (Lipinski definition) is 5. The molecule has 1 aliphatic heterocycles. The summed E-state index contributed by atoms with van der Waals surface area (Å²) in [6.45, 7) is 2.00. The predicted molar refractivity (Wildman–Crippen MR) is 94.6 cm³/mol. The van der Waals surface area contributed by atoms with Gasteiger partial charge in [0.2, 0.25) is 5.95 Å². The van der Waals surface area contributed by atoms with Crippen LogP contribution in [0.5, 0.6) is 0 Å². The van der Waals surface area contributed by atoms with E-state index >= 15 is 0 Å². The van der Waals surface area contributed by atoms with E-state index in [0.717, 1.165) is 28.2 Å². The zero-order valence-corrected chi connectivity index (χ0v) is 14.9. The van der Waals surface area contributed by atoms with Crippen LogP contribution >= 0.6 is 23.4 Å². The SMILES string of the molecule is CC1=C(c2ccnc(Nc3ccc(Cl)c(C(F)(F)F)c3)n2)SCN1C. The van der Waals surface area contributed by atoms with Crippen LogP contribution in [0.2, 0.25) is 5.02 Å². The van der Waals surface area contributed by atoms with Gasteiger partial charge in [0.15, 0.2) is 0 Å². The Balaban J connectivity index is 1.89. The summed E-state index contributed by atoms with van der Waals surface area (Å²) in [5, 5.41) is 2.46. The molecular formula is C16H14ClF3N4S. The molecule has 0 amide bonds. The number of benzene rings is 1. The molecule has 1 aromatic heterocycles. The highest BCUT2D eigenvalue weighted by Gasteiger charge is 2.33. The first kappa shape index (κ1) is 17.9. The van der Waals surface area contributed by atoms with Crippen LogP contribution in [0.1, 0.15) is 18.2 Å². The average Bonchev–Trinajstić information content (AvgIpc) is 2.88. The Bertz CT molecular complexity index is 838. The van der Waals surface area contributed by atoms with Crippen molar-refractivity contribution in [1.82, 2.24) is 14.9 Å². The lowest BCUT2D eigenvalue weighted by Gasteiger charge is -2.12. The first-order valence-electron chi connectivity index (χ1n) is 7.27. The highest BCUT2D eigenvalue weighted by atomic mass is 35.5. The fourth-order valence-electron chi connectivity index (χ4n) is 2.29. The van der Waals surface area contributed by atoms with Crippen molar-refractivity contribution >= 4 is 39.9 Å². The van der Waals surface area contributed by atoms with Crippen LogP contribution in [0.3, 0.4) is 0 Å². The minimum atomic E-state index is -4.52. The molecule has 1 aromatic carbocycles. The molecule has 25 heavy (non-hydrogen) atoms. The molecule has 0 radical (unpaired) electrons. The fraction of sp³-hybridized carbons (Fsp3) is 0.250. The summed E-state index contributed by atoms with van der Waals surface area (Å²) in [4.78, 5) is 11.6. The number of rotatable bonds is 3. The standard InChI is InChI=1S/C16H14ClF3N4S/c1-9-14(25-8-24(9)2)13-5-6-21-15(23-13)22-10-3-4-12(17)11(7-10)16(18,19)20/h3-7H,8H2,1-2H3,(H,21,22,23). The molecule has 1 aliphatic rings. The maximum Gasteiger partial charge on any atom is 0.417 e. The Morgan fingerprint density at radius 2 is 2.04 bits per heavy atom. The summed E-state index contributed by atoms with van der Waals surface area (Å²) in [5.41, 5.74) is 1.15. The van der Waals surface area contributed by atoms with Crippen LogP contribution in [0.4, 0.5) is 24.8 Å². The van der Waals surface area contributed by atoms with Crippen molar-refractivity contribution in [1.29, 1.82) is 0 Å². The molecule has 0 atom stereocenters. The smallest absolute Gasteiger partial charge is 0.368 e. The van der Waals surface area contributed by atoms with E-state index in [-0.39, 0.29) is 16.7 Å². The fourth-order valence-corrected chi connectivity index (χ4v) is 3.66. The first-order valence-corrected chi connectivity index (χ1v) is 8.64. The van der Waals surface area contributed by atoms with E-state index < -0.39 is 11.7 Å². The largest absolute Gasteiger partial charge is 0.417 e. The van der Waals surface area contributed by atoms with Crippen molar-refractivity contribution in [3.63, 3.8) is 0 Å². The Labute approximate surface area is 152 Å². The van der Waals surface area contributed by atoms with Crippen LogP contribution < -0.4 is 5.32 Å². The van der Waals surface area contributed by atoms with Gasteiger partial charge < -0.3 is 10.2 Å². The third-order valence-corrected chi connectivity index (χ3v) is 5.36. The monoisotopic (exact) mass is 386 g/mol. The van der Waals surface area contributed by atoms with Crippen molar-refractivity contribution < 1.29 is 13.2 Å². The summed E-state index contributed by atoms with van der Waals surface area (Å²) in [5.74, 6) is 1.06. The van der Waals surface area contributed by atoms with Crippen molar-refractivity contribution in [2.45, 2.75) is 13.1 Å².